The van der Waals surface area contributed by atoms with Crippen LogP contribution in [0.1, 0.15) is 25.3 Å². The highest BCUT2D eigenvalue weighted by Crippen LogP contribution is 2.43. The molecule has 7 heteroatoms. The van der Waals surface area contributed by atoms with Gasteiger partial charge in [0, 0.05) is 5.56 Å². The number of aromatic hydroxyl groups is 1. The van der Waals surface area contributed by atoms with Crippen LogP contribution in [0.25, 0.3) is 0 Å². The molecule has 0 amide bonds. The lowest BCUT2D eigenvalue weighted by Crippen LogP contribution is -2.25. The minimum Gasteiger partial charge on any atom is -0.508 e. The molecule has 0 fully saturated rings. The van der Waals surface area contributed by atoms with E-state index in [9.17, 15) is 15.2 Å². The third-order valence-corrected chi connectivity index (χ3v) is 3.65. The third kappa shape index (κ3) is 2.99. The summed E-state index contributed by atoms with van der Waals surface area (Å²) >= 11 is 0. The predicted molar refractivity (Wildman–Crippen MR) is 84.6 cm³/mol. The van der Waals surface area contributed by atoms with Gasteiger partial charge >= 0.3 is 5.97 Å². The molecule has 0 radical (unpaired) electrons. The normalized spacial score (nSPS) is 17.2. The number of nitrogens with zero attached hydrogens (tertiary/aromatic N) is 1. The van der Waals surface area contributed by atoms with E-state index in [0.717, 1.165) is 0 Å². The summed E-state index contributed by atoms with van der Waals surface area (Å²) in [6.07, 6.45) is 0. The molecule has 24 heavy (non-hydrogen) atoms. The highest BCUT2D eigenvalue weighted by Gasteiger charge is 2.37. The Morgan fingerprint density at radius 3 is 2.79 bits per heavy atom. The fraction of sp³-hybridized carbons (Fsp3) is 0.294. The number of rotatable bonds is 4. The van der Waals surface area contributed by atoms with Crippen LogP contribution < -0.4 is 10.5 Å². The number of esters is 1. The molecule has 126 valence electrons. The van der Waals surface area contributed by atoms with Crippen molar-refractivity contribution in [2.75, 3.05) is 13.7 Å². The molecule has 1 aromatic carbocycles. The first-order chi connectivity index (χ1) is 11.4. The van der Waals surface area contributed by atoms with E-state index in [4.69, 9.17) is 19.9 Å². The quantitative estimate of drug-likeness (QED) is 0.812. The molecular weight excluding hydrogens is 312 g/mol. The zero-order valence-electron chi connectivity index (χ0n) is 13.6. The average molecular weight is 330 g/mol. The Balaban J connectivity index is 2.69. The van der Waals surface area contributed by atoms with Crippen molar-refractivity contribution in [3.05, 3.63) is 46.6 Å². The lowest BCUT2D eigenvalue weighted by atomic mass is 9.82. The molecule has 0 saturated heterocycles. The minimum atomic E-state index is -0.905. The van der Waals surface area contributed by atoms with E-state index in [1.807, 2.05) is 6.07 Å². The SMILES string of the molecule is CCOC(=O)C1=C(C)OC(N)=C(C#N)C1c1cc(OC)ccc1O. The molecule has 7 nitrogen and oxygen atoms in total. The Hall–Kier alpha value is -3.14. The summed E-state index contributed by atoms with van der Waals surface area (Å²) in [5.41, 5.74) is 6.24. The highest BCUT2D eigenvalue weighted by molar-refractivity contribution is 5.92. The first-order valence-electron chi connectivity index (χ1n) is 7.26. The smallest absolute Gasteiger partial charge is 0.338 e. The van der Waals surface area contributed by atoms with Crippen LogP contribution >= 0.6 is 0 Å². The standard InChI is InChI=1S/C17H18N2O5/c1-4-23-17(21)14-9(2)24-16(19)12(8-18)15(14)11-7-10(22-3)5-6-13(11)20/h5-7,15,20H,4,19H2,1-3H3. The molecule has 1 heterocycles. The van der Waals surface area contributed by atoms with Gasteiger partial charge in [0.1, 0.15) is 28.9 Å². The van der Waals surface area contributed by atoms with Crippen LogP contribution in [0.4, 0.5) is 0 Å². The van der Waals surface area contributed by atoms with Crippen molar-refractivity contribution in [2.45, 2.75) is 19.8 Å². The van der Waals surface area contributed by atoms with Gasteiger partial charge in [-0.15, -0.1) is 0 Å². The zero-order valence-corrected chi connectivity index (χ0v) is 13.6. The van der Waals surface area contributed by atoms with Gasteiger partial charge in [-0.2, -0.15) is 5.26 Å². The van der Waals surface area contributed by atoms with E-state index >= 15 is 0 Å². The van der Waals surface area contributed by atoms with Crippen LogP contribution in [0.3, 0.4) is 0 Å². The van der Waals surface area contributed by atoms with Crippen LogP contribution in [0.2, 0.25) is 0 Å². The second-order valence-corrected chi connectivity index (χ2v) is 5.04. The van der Waals surface area contributed by atoms with Crippen molar-refractivity contribution < 1.29 is 24.1 Å². The fourth-order valence-electron chi connectivity index (χ4n) is 2.56. The largest absolute Gasteiger partial charge is 0.508 e. The number of hydrogen-bond acceptors (Lipinski definition) is 7. The second kappa shape index (κ2) is 6.96. The van der Waals surface area contributed by atoms with Crippen LogP contribution in [-0.4, -0.2) is 24.8 Å². The zero-order chi connectivity index (χ0) is 17.9. The molecule has 0 saturated carbocycles. The number of carbonyl (C=O) groups excluding carboxylic acids is 1. The van der Waals surface area contributed by atoms with Crippen molar-refractivity contribution >= 4 is 5.97 Å². The third-order valence-electron chi connectivity index (χ3n) is 3.65. The summed E-state index contributed by atoms with van der Waals surface area (Å²) in [5, 5.41) is 19.7. The number of methoxy groups -OCH3 is 1. The van der Waals surface area contributed by atoms with E-state index < -0.39 is 11.9 Å². The summed E-state index contributed by atoms with van der Waals surface area (Å²) in [4.78, 5) is 12.4. The molecule has 1 aliphatic heterocycles. The number of benzene rings is 1. The molecular formula is C17H18N2O5. The van der Waals surface area contributed by atoms with Gasteiger partial charge in [-0.25, -0.2) is 4.79 Å². The summed E-state index contributed by atoms with van der Waals surface area (Å²) in [6.45, 7) is 3.38. The topological polar surface area (TPSA) is 115 Å². The number of nitrogens with two attached hydrogens (primary N) is 1. The van der Waals surface area contributed by atoms with Gasteiger partial charge < -0.3 is 25.1 Å². The van der Waals surface area contributed by atoms with Crippen molar-refractivity contribution in [3.8, 4) is 17.6 Å². The van der Waals surface area contributed by atoms with E-state index in [-0.39, 0.29) is 35.1 Å². The van der Waals surface area contributed by atoms with Gasteiger partial charge in [-0.05, 0) is 32.0 Å². The Kier molecular flexibility index (Phi) is 4.99. The number of ether oxygens (including phenoxy) is 3. The molecule has 1 aliphatic rings. The maximum atomic E-state index is 12.4. The number of carbonyl (C=O) groups is 1. The van der Waals surface area contributed by atoms with Crippen LogP contribution in [0.15, 0.2) is 41.0 Å². The Morgan fingerprint density at radius 2 is 2.21 bits per heavy atom. The van der Waals surface area contributed by atoms with E-state index in [1.165, 1.54) is 13.2 Å². The number of allylic oxidation sites excluding steroid dienone is 2. The lowest BCUT2D eigenvalue weighted by Gasteiger charge is -2.27. The number of hydrogen-bond donors (Lipinski definition) is 2. The number of nitriles is 1. The molecule has 0 bridgehead atoms. The second-order valence-electron chi connectivity index (χ2n) is 5.04. The van der Waals surface area contributed by atoms with Gasteiger partial charge in [0.2, 0.25) is 5.88 Å². The Labute approximate surface area is 139 Å². The Bertz CT molecular complexity index is 774. The maximum Gasteiger partial charge on any atom is 0.338 e. The van der Waals surface area contributed by atoms with Gasteiger partial charge in [0.15, 0.2) is 0 Å². The van der Waals surface area contributed by atoms with Crippen LogP contribution in [0, 0.1) is 11.3 Å². The number of phenolic OH excluding ortho intramolecular Hbond substituents is 1. The van der Waals surface area contributed by atoms with Gasteiger partial charge in [0.25, 0.3) is 0 Å². The molecule has 1 atom stereocenters. The summed E-state index contributed by atoms with van der Waals surface area (Å²) in [7, 11) is 1.48. The van der Waals surface area contributed by atoms with E-state index in [1.54, 1.807) is 26.0 Å². The van der Waals surface area contributed by atoms with E-state index in [0.29, 0.717) is 11.3 Å². The van der Waals surface area contributed by atoms with Crippen molar-refractivity contribution in [1.82, 2.24) is 0 Å². The molecule has 1 unspecified atom stereocenters. The fourth-order valence-corrected chi connectivity index (χ4v) is 2.56. The molecule has 3 N–H and O–H groups in total. The van der Waals surface area contributed by atoms with Crippen molar-refractivity contribution in [2.24, 2.45) is 5.73 Å². The maximum absolute atomic E-state index is 12.4. The van der Waals surface area contributed by atoms with E-state index in [2.05, 4.69) is 0 Å². The molecule has 2 rings (SSSR count). The molecule has 0 aromatic heterocycles. The average Bonchev–Trinajstić information content (AvgIpc) is 2.55. The summed E-state index contributed by atoms with van der Waals surface area (Å²) in [5.74, 6) is -1.07. The summed E-state index contributed by atoms with van der Waals surface area (Å²) in [6, 6.07) is 6.49. The van der Waals surface area contributed by atoms with Crippen LogP contribution in [-0.2, 0) is 14.3 Å². The molecule has 0 spiro atoms. The highest BCUT2D eigenvalue weighted by atomic mass is 16.5. The molecule has 1 aromatic rings. The minimum absolute atomic E-state index is 0.0206. The van der Waals surface area contributed by atoms with Gasteiger partial charge in [-0.1, -0.05) is 0 Å². The Morgan fingerprint density at radius 1 is 1.50 bits per heavy atom. The van der Waals surface area contributed by atoms with Crippen LogP contribution in [0.5, 0.6) is 11.5 Å². The molecule has 0 aliphatic carbocycles. The van der Waals surface area contributed by atoms with Crippen molar-refractivity contribution in [3.63, 3.8) is 0 Å². The van der Waals surface area contributed by atoms with Crippen molar-refractivity contribution in [1.29, 1.82) is 5.26 Å². The number of phenols is 1. The van der Waals surface area contributed by atoms with Gasteiger partial charge in [0.05, 0.1) is 25.2 Å². The summed E-state index contributed by atoms with van der Waals surface area (Å²) < 4.78 is 15.5. The van der Waals surface area contributed by atoms with Gasteiger partial charge in [-0.3, -0.25) is 0 Å². The predicted octanol–water partition coefficient (Wildman–Crippen LogP) is 2.05. The first kappa shape index (κ1) is 17.2. The lowest BCUT2D eigenvalue weighted by molar-refractivity contribution is -0.139. The monoisotopic (exact) mass is 330 g/mol. The first-order valence-corrected chi connectivity index (χ1v) is 7.26.